The predicted molar refractivity (Wildman–Crippen MR) is 72.0 cm³/mol. The van der Waals surface area contributed by atoms with E-state index in [4.69, 9.17) is 10.3 Å². The van der Waals surface area contributed by atoms with Crippen LogP contribution in [-0.4, -0.2) is 5.16 Å². The number of nitrogens with two attached hydrogens (primary N) is 1. The Morgan fingerprint density at radius 2 is 2.10 bits per heavy atom. The monoisotopic (exact) mass is 278 g/mol. The van der Waals surface area contributed by atoms with Crippen LogP contribution in [-0.2, 0) is 0 Å². The molecule has 0 bridgehead atoms. The minimum Gasteiger partial charge on any atom is -0.367 e. The molecule has 5 heteroatoms. The first-order valence-corrected chi connectivity index (χ1v) is 6.78. The summed E-state index contributed by atoms with van der Waals surface area (Å²) in [7, 11) is 0. The molecule has 2 aromatic rings. The fraction of sp³-hybridized carbons (Fsp3) is 0.400. The molecule has 1 aromatic carbocycles. The minimum atomic E-state index is -0.646. The highest BCUT2D eigenvalue weighted by atomic mass is 19.1. The first-order valence-electron chi connectivity index (χ1n) is 6.78. The van der Waals surface area contributed by atoms with Gasteiger partial charge in [0.25, 0.3) is 0 Å². The summed E-state index contributed by atoms with van der Waals surface area (Å²) in [6.45, 7) is 2.15. The van der Waals surface area contributed by atoms with Crippen LogP contribution in [0.3, 0.4) is 0 Å². The molecule has 1 saturated carbocycles. The normalized spacial score (nSPS) is 22.4. The molecular formula is C15H16F2N2O. The molecule has 1 aliphatic carbocycles. The molecule has 20 heavy (non-hydrogen) atoms. The van der Waals surface area contributed by atoms with Crippen LogP contribution in [0.1, 0.15) is 37.8 Å². The van der Waals surface area contributed by atoms with Gasteiger partial charge in [0, 0.05) is 17.5 Å². The Hall–Kier alpha value is -1.91. The van der Waals surface area contributed by atoms with Gasteiger partial charge in [0.2, 0.25) is 5.88 Å². The Bertz CT molecular complexity index is 639. The molecule has 0 saturated heterocycles. The Morgan fingerprint density at radius 3 is 2.75 bits per heavy atom. The third-order valence-electron chi connectivity index (χ3n) is 4.16. The first kappa shape index (κ1) is 13.1. The van der Waals surface area contributed by atoms with Crippen molar-refractivity contribution in [2.75, 3.05) is 5.73 Å². The smallest absolute Gasteiger partial charge is 0.230 e. The number of anilines is 1. The lowest BCUT2D eigenvalue weighted by Gasteiger charge is -2.14. The van der Waals surface area contributed by atoms with Crippen molar-refractivity contribution < 1.29 is 13.3 Å². The van der Waals surface area contributed by atoms with E-state index in [1.807, 2.05) is 0 Å². The average molecular weight is 278 g/mol. The summed E-state index contributed by atoms with van der Waals surface area (Å²) in [5, 5.41) is 4.03. The molecule has 0 radical (unpaired) electrons. The van der Waals surface area contributed by atoms with E-state index in [1.165, 1.54) is 12.1 Å². The lowest BCUT2D eigenvalue weighted by atomic mass is 9.90. The number of aromatic nitrogens is 1. The Morgan fingerprint density at radius 1 is 1.30 bits per heavy atom. The minimum absolute atomic E-state index is 0.0876. The second-order valence-corrected chi connectivity index (χ2v) is 5.45. The van der Waals surface area contributed by atoms with Gasteiger partial charge in [-0.15, -0.1) is 0 Å². The van der Waals surface area contributed by atoms with Crippen LogP contribution in [0.25, 0.3) is 11.1 Å². The van der Waals surface area contributed by atoms with Gasteiger partial charge in [-0.05, 0) is 24.5 Å². The zero-order valence-corrected chi connectivity index (χ0v) is 11.2. The van der Waals surface area contributed by atoms with Gasteiger partial charge in [-0.1, -0.05) is 24.9 Å². The SMILES string of the molecule is CC1CCCC1c1noc(N)c1-c1ccc(F)cc1F. The van der Waals surface area contributed by atoms with Crippen molar-refractivity contribution in [2.24, 2.45) is 5.92 Å². The Balaban J connectivity index is 2.11. The van der Waals surface area contributed by atoms with Gasteiger partial charge in [-0.2, -0.15) is 0 Å². The van der Waals surface area contributed by atoms with Gasteiger partial charge in [-0.3, -0.25) is 0 Å². The van der Waals surface area contributed by atoms with Crippen LogP contribution in [0.15, 0.2) is 22.7 Å². The van der Waals surface area contributed by atoms with E-state index >= 15 is 0 Å². The molecule has 106 valence electrons. The molecule has 1 aromatic heterocycles. The highest BCUT2D eigenvalue weighted by Crippen LogP contribution is 2.44. The maximum Gasteiger partial charge on any atom is 0.230 e. The molecule has 2 N–H and O–H groups in total. The van der Waals surface area contributed by atoms with Crippen molar-refractivity contribution in [3.8, 4) is 11.1 Å². The third kappa shape index (κ3) is 2.07. The molecule has 0 spiro atoms. The summed E-state index contributed by atoms with van der Waals surface area (Å²) in [5.41, 5.74) is 7.22. The summed E-state index contributed by atoms with van der Waals surface area (Å²) in [5.74, 6) is -0.495. The molecule has 1 heterocycles. The maximum absolute atomic E-state index is 14.0. The van der Waals surface area contributed by atoms with E-state index in [0.29, 0.717) is 17.2 Å². The molecule has 2 unspecified atom stereocenters. The van der Waals surface area contributed by atoms with Gasteiger partial charge >= 0.3 is 0 Å². The fourth-order valence-electron chi connectivity index (χ4n) is 3.08. The van der Waals surface area contributed by atoms with E-state index in [-0.39, 0.29) is 17.4 Å². The van der Waals surface area contributed by atoms with Crippen molar-refractivity contribution >= 4 is 5.88 Å². The number of nitrogen functional groups attached to an aromatic ring is 1. The number of rotatable bonds is 2. The highest BCUT2D eigenvalue weighted by Gasteiger charge is 2.32. The fourth-order valence-corrected chi connectivity index (χ4v) is 3.08. The first-order chi connectivity index (χ1) is 9.58. The lowest BCUT2D eigenvalue weighted by molar-refractivity contribution is 0.407. The average Bonchev–Trinajstić information content (AvgIpc) is 2.96. The summed E-state index contributed by atoms with van der Waals surface area (Å²) in [6, 6.07) is 3.45. The largest absolute Gasteiger partial charge is 0.367 e. The van der Waals surface area contributed by atoms with Crippen LogP contribution in [0.4, 0.5) is 14.7 Å². The lowest BCUT2D eigenvalue weighted by Crippen LogP contribution is -2.05. The van der Waals surface area contributed by atoms with Gasteiger partial charge in [0.05, 0.1) is 11.3 Å². The van der Waals surface area contributed by atoms with E-state index in [1.54, 1.807) is 0 Å². The zero-order chi connectivity index (χ0) is 14.3. The highest BCUT2D eigenvalue weighted by molar-refractivity contribution is 5.76. The molecule has 0 amide bonds. The van der Waals surface area contributed by atoms with E-state index < -0.39 is 11.6 Å². The van der Waals surface area contributed by atoms with Gasteiger partial charge in [0.15, 0.2) is 0 Å². The number of halogens is 2. The zero-order valence-electron chi connectivity index (χ0n) is 11.2. The van der Waals surface area contributed by atoms with E-state index in [9.17, 15) is 8.78 Å². The third-order valence-corrected chi connectivity index (χ3v) is 4.16. The van der Waals surface area contributed by atoms with Crippen LogP contribution in [0.2, 0.25) is 0 Å². The number of hydrogen-bond acceptors (Lipinski definition) is 3. The molecule has 3 rings (SSSR count). The quantitative estimate of drug-likeness (QED) is 0.899. The number of hydrogen-bond donors (Lipinski definition) is 1. The molecular weight excluding hydrogens is 262 g/mol. The van der Waals surface area contributed by atoms with Crippen LogP contribution in [0, 0.1) is 17.6 Å². The summed E-state index contributed by atoms with van der Waals surface area (Å²) < 4.78 is 32.1. The van der Waals surface area contributed by atoms with Crippen molar-refractivity contribution in [1.29, 1.82) is 0 Å². The van der Waals surface area contributed by atoms with Crippen molar-refractivity contribution in [1.82, 2.24) is 5.16 Å². The van der Waals surface area contributed by atoms with E-state index in [2.05, 4.69) is 12.1 Å². The van der Waals surface area contributed by atoms with Gasteiger partial charge in [0.1, 0.15) is 11.6 Å². The van der Waals surface area contributed by atoms with Crippen molar-refractivity contribution in [3.63, 3.8) is 0 Å². The van der Waals surface area contributed by atoms with Gasteiger partial charge < -0.3 is 10.3 Å². The van der Waals surface area contributed by atoms with E-state index in [0.717, 1.165) is 25.3 Å². The second kappa shape index (κ2) is 4.89. The maximum atomic E-state index is 14.0. The second-order valence-electron chi connectivity index (χ2n) is 5.45. The molecule has 1 aliphatic rings. The molecule has 0 aliphatic heterocycles. The summed E-state index contributed by atoms with van der Waals surface area (Å²) in [4.78, 5) is 0. The topological polar surface area (TPSA) is 52.0 Å². The van der Waals surface area contributed by atoms with Gasteiger partial charge in [-0.25, -0.2) is 8.78 Å². The van der Waals surface area contributed by atoms with Crippen LogP contribution < -0.4 is 5.73 Å². The molecule has 3 nitrogen and oxygen atoms in total. The number of nitrogens with zero attached hydrogens (tertiary/aromatic N) is 1. The van der Waals surface area contributed by atoms with Crippen LogP contribution >= 0.6 is 0 Å². The Labute approximate surface area is 115 Å². The standard InChI is InChI=1S/C15H16F2N2O/c1-8-3-2-4-10(8)14-13(15(18)20-19-14)11-6-5-9(16)7-12(11)17/h5-8,10H,2-4,18H2,1H3. The summed E-state index contributed by atoms with van der Waals surface area (Å²) in [6.07, 6.45) is 3.22. The Kier molecular flexibility index (Phi) is 3.20. The number of benzene rings is 1. The predicted octanol–water partition coefficient (Wildman–Crippen LogP) is 4.11. The summed E-state index contributed by atoms with van der Waals surface area (Å²) >= 11 is 0. The molecule has 2 atom stereocenters. The molecule has 1 fully saturated rings. The van der Waals surface area contributed by atoms with Crippen molar-refractivity contribution in [3.05, 3.63) is 35.5 Å². The van der Waals surface area contributed by atoms with Crippen LogP contribution in [0.5, 0.6) is 0 Å². The van der Waals surface area contributed by atoms with Crippen molar-refractivity contribution in [2.45, 2.75) is 32.1 Å².